The summed E-state index contributed by atoms with van der Waals surface area (Å²) in [5, 5.41) is 6.39. The molecule has 9 heteroatoms. The first-order chi connectivity index (χ1) is 14.4. The van der Waals surface area contributed by atoms with Crippen LogP contribution in [-0.4, -0.2) is 30.3 Å². The van der Waals surface area contributed by atoms with Gasteiger partial charge in [0.15, 0.2) is 11.2 Å². The molecule has 1 N–H and O–H groups in total. The van der Waals surface area contributed by atoms with E-state index in [4.69, 9.17) is 0 Å². The number of nitrogens with one attached hydrogen (secondary N) is 1. The van der Waals surface area contributed by atoms with Crippen molar-refractivity contribution in [3.8, 4) is 0 Å². The predicted octanol–water partition coefficient (Wildman–Crippen LogP) is 1.13. The van der Waals surface area contributed by atoms with Gasteiger partial charge in [-0.1, -0.05) is 36.4 Å². The number of carbonyl (C=O) groups is 1. The van der Waals surface area contributed by atoms with Crippen molar-refractivity contribution < 1.29 is 4.79 Å². The molecule has 1 amide bonds. The molecule has 0 aliphatic carbocycles. The third kappa shape index (κ3) is 3.30. The Morgan fingerprint density at radius 3 is 2.57 bits per heavy atom. The van der Waals surface area contributed by atoms with E-state index in [1.165, 1.54) is 29.6 Å². The van der Waals surface area contributed by atoms with Crippen molar-refractivity contribution in [3.63, 3.8) is 0 Å². The molecule has 0 bridgehead atoms. The molecule has 0 spiro atoms. The highest BCUT2D eigenvalue weighted by atomic mass is 16.2. The predicted molar refractivity (Wildman–Crippen MR) is 115 cm³/mol. The van der Waals surface area contributed by atoms with Crippen molar-refractivity contribution in [1.29, 1.82) is 0 Å². The lowest BCUT2D eigenvalue weighted by molar-refractivity contribution is -0.121. The average molecular weight is 404 g/mol. The molecule has 9 nitrogen and oxygen atoms in total. The van der Waals surface area contributed by atoms with E-state index in [0.717, 1.165) is 20.9 Å². The summed E-state index contributed by atoms with van der Waals surface area (Å²) in [6.45, 7) is 1.65. The summed E-state index contributed by atoms with van der Waals surface area (Å²) in [6.07, 6.45) is 1.37. The summed E-state index contributed by atoms with van der Waals surface area (Å²) in [7, 11) is 2.91. The molecule has 0 fully saturated rings. The Bertz CT molecular complexity index is 1440. The number of hydrogen-bond acceptors (Lipinski definition) is 5. The fraction of sp³-hybridized carbons (Fsp3) is 0.190. The molecular formula is C21H20N6O3. The maximum absolute atomic E-state index is 12.5. The Hall–Kier alpha value is -4.01. The number of nitrogens with zero attached hydrogens (tertiary/aromatic N) is 5. The molecular weight excluding hydrogens is 384 g/mol. The van der Waals surface area contributed by atoms with Crippen LogP contribution >= 0.6 is 0 Å². The topological polar surface area (TPSA) is 103 Å². The van der Waals surface area contributed by atoms with Crippen LogP contribution in [-0.2, 0) is 25.4 Å². The molecule has 0 unspecified atom stereocenters. The second-order valence-electron chi connectivity index (χ2n) is 7.04. The number of amides is 1. The van der Waals surface area contributed by atoms with Gasteiger partial charge < -0.3 is 4.57 Å². The molecule has 0 aliphatic heterocycles. The van der Waals surface area contributed by atoms with Crippen LogP contribution < -0.4 is 16.7 Å². The normalized spacial score (nSPS) is 11.9. The number of aromatic nitrogens is 4. The van der Waals surface area contributed by atoms with Crippen molar-refractivity contribution in [2.75, 3.05) is 0 Å². The van der Waals surface area contributed by atoms with Crippen LogP contribution in [0, 0.1) is 0 Å². The second kappa shape index (κ2) is 7.43. The minimum Gasteiger partial charge on any atom is -0.315 e. The highest BCUT2D eigenvalue weighted by Gasteiger charge is 2.15. The van der Waals surface area contributed by atoms with Crippen LogP contribution in [0.25, 0.3) is 21.9 Å². The quantitative estimate of drug-likeness (QED) is 0.407. The van der Waals surface area contributed by atoms with Crippen molar-refractivity contribution in [3.05, 3.63) is 75.2 Å². The first-order valence-corrected chi connectivity index (χ1v) is 9.30. The molecule has 2 aromatic carbocycles. The van der Waals surface area contributed by atoms with Crippen molar-refractivity contribution in [2.45, 2.75) is 13.5 Å². The van der Waals surface area contributed by atoms with Crippen LogP contribution in [0.4, 0.5) is 0 Å². The van der Waals surface area contributed by atoms with E-state index in [1.54, 1.807) is 0 Å². The molecule has 4 rings (SSSR count). The minimum absolute atomic E-state index is 0.154. The maximum Gasteiger partial charge on any atom is 0.332 e. The lowest BCUT2D eigenvalue weighted by Gasteiger charge is -2.07. The SMILES string of the molecule is CC(=NNC(=O)Cn1cnc2c1c(=O)n(C)c(=O)n2C)c1ccc2ccccc2c1. The van der Waals surface area contributed by atoms with Crippen molar-refractivity contribution in [2.24, 2.45) is 19.2 Å². The average Bonchev–Trinajstić information content (AvgIpc) is 3.17. The molecule has 0 aliphatic rings. The van der Waals surface area contributed by atoms with Gasteiger partial charge in [-0.15, -0.1) is 0 Å². The van der Waals surface area contributed by atoms with E-state index in [1.807, 2.05) is 49.4 Å². The number of fused-ring (bicyclic) bond motifs is 2. The molecule has 30 heavy (non-hydrogen) atoms. The van der Waals surface area contributed by atoms with Crippen LogP contribution in [0.15, 0.2) is 63.5 Å². The third-order valence-electron chi connectivity index (χ3n) is 5.05. The van der Waals surface area contributed by atoms with Gasteiger partial charge >= 0.3 is 5.69 Å². The van der Waals surface area contributed by atoms with Gasteiger partial charge in [-0.3, -0.25) is 18.7 Å². The highest BCUT2D eigenvalue weighted by Crippen LogP contribution is 2.16. The highest BCUT2D eigenvalue weighted by molar-refractivity contribution is 6.02. The van der Waals surface area contributed by atoms with Gasteiger partial charge in [0, 0.05) is 14.1 Å². The number of hydrogen-bond donors (Lipinski definition) is 1. The van der Waals surface area contributed by atoms with Crippen LogP contribution in [0.1, 0.15) is 12.5 Å². The van der Waals surface area contributed by atoms with Crippen molar-refractivity contribution >= 4 is 33.6 Å². The number of benzene rings is 2. The van der Waals surface area contributed by atoms with E-state index < -0.39 is 17.2 Å². The van der Waals surface area contributed by atoms with Gasteiger partial charge in [-0.25, -0.2) is 15.2 Å². The van der Waals surface area contributed by atoms with Gasteiger partial charge in [-0.05, 0) is 29.3 Å². The first kappa shape index (κ1) is 19.3. The summed E-state index contributed by atoms with van der Waals surface area (Å²) in [6, 6.07) is 14.0. The molecule has 0 saturated carbocycles. The van der Waals surface area contributed by atoms with Crippen LogP contribution in [0.2, 0.25) is 0 Å². The minimum atomic E-state index is -0.505. The summed E-state index contributed by atoms with van der Waals surface area (Å²) in [4.78, 5) is 41.0. The summed E-state index contributed by atoms with van der Waals surface area (Å²) >= 11 is 0. The molecule has 0 radical (unpaired) electrons. The first-order valence-electron chi connectivity index (χ1n) is 9.30. The molecule has 2 aromatic heterocycles. The van der Waals surface area contributed by atoms with Gasteiger partial charge in [0.1, 0.15) is 6.54 Å². The Morgan fingerprint density at radius 2 is 1.80 bits per heavy atom. The van der Waals surface area contributed by atoms with Gasteiger partial charge in [0.05, 0.1) is 12.0 Å². The van der Waals surface area contributed by atoms with E-state index in [2.05, 4.69) is 15.5 Å². The zero-order chi connectivity index (χ0) is 21.4. The molecule has 2 heterocycles. The molecule has 4 aromatic rings. The van der Waals surface area contributed by atoms with Crippen molar-refractivity contribution in [1.82, 2.24) is 24.1 Å². The Kier molecular flexibility index (Phi) is 4.78. The lowest BCUT2D eigenvalue weighted by atomic mass is 10.0. The summed E-state index contributed by atoms with van der Waals surface area (Å²) in [5.41, 5.74) is 3.50. The second-order valence-corrected chi connectivity index (χ2v) is 7.04. The van der Waals surface area contributed by atoms with Crippen LogP contribution in [0.3, 0.4) is 0 Å². The largest absolute Gasteiger partial charge is 0.332 e. The van der Waals surface area contributed by atoms with E-state index >= 15 is 0 Å². The summed E-state index contributed by atoms with van der Waals surface area (Å²) in [5.74, 6) is -0.412. The van der Waals surface area contributed by atoms with Crippen LogP contribution in [0.5, 0.6) is 0 Å². The number of carbonyl (C=O) groups excluding carboxylic acids is 1. The zero-order valence-corrected chi connectivity index (χ0v) is 16.8. The molecule has 0 saturated heterocycles. The lowest BCUT2D eigenvalue weighted by Crippen LogP contribution is -2.38. The fourth-order valence-electron chi connectivity index (χ4n) is 3.33. The standard InChI is InChI=1S/C21H20N6O3/c1-13(15-9-8-14-6-4-5-7-16(14)10-15)23-24-17(28)11-27-12-22-19-18(27)20(29)26(3)21(30)25(19)2/h4-10,12H,11H2,1-3H3,(H,24,28). The van der Waals surface area contributed by atoms with Gasteiger partial charge in [0.25, 0.3) is 11.5 Å². The maximum atomic E-state index is 12.5. The molecule has 152 valence electrons. The Balaban J connectivity index is 1.56. The smallest absolute Gasteiger partial charge is 0.315 e. The number of aryl methyl sites for hydroxylation is 1. The third-order valence-corrected chi connectivity index (χ3v) is 5.05. The Morgan fingerprint density at radius 1 is 1.07 bits per heavy atom. The zero-order valence-electron chi connectivity index (χ0n) is 16.8. The number of rotatable bonds is 4. The monoisotopic (exact) mass is 404 g/mol. The fourth-order valence-corrected chi connectivity index (χ4v) is 3.33. The number of imidazole rings is 1. The van der Waals surface area contributed by atoms with E-state index in [0.29, 0.717) is 5.71 Å². The van der Waals surface area contributed by atoms with E-state index in [-0.39, 0.29) is 17.7 Å². The molecule has 0 atom stereocenters. The van der Waals surface area contributed by atoms with Gasteiger partial charge in [-0.2, -0.15) is 5.10 Å². The van der Waals surface area contributed by atoms with Gasteiger partial charge in [0.2, 0.25) is 0 Å². The Labute approximate surface area is 170 Å². The van der Waals surface area contributed by atoms with E-state index in [9.17, 15) is 14.4 Å². The number of hydrazone groups is 1. The summed E-state index contributed by atoms with van der Waals surface area (Å²) < 4.78 is 3.67.